The maximum atomic E-state index is 13.6. The van der Waals surface area contributed by atoms with Crippen LogP contribution in [0.2, 0.25) is 0 Å². The SMILES string of the molecule is CC[C@H](NC(=O)OC)C(=O)N1CC2(CC2)C[C@H]1c1ncc(-c2ccc(C#Cc3ccc4nc([C@@H]5CC6(CC6)CN5C(=O)[C@@H](C)[C@H](C)CC)[nH]c4c3)cc2)[nH]1. The number of methoxy groups -OCH3 is 1. The Balaban J connectivity index is 0.954. The molecule has 282 valence electrons. The lowest BCUT2D eigenvalue weighted by molar-refractivity contribution is -0.138. The minimum Gasteiger partial charge on any atom is -0.453 e. The zero-order valence-corrected chi connectivity index (χ0v) is 32.0. The largest absolute Gasteiger partial charge is 0.453 e. The zero-order chi connectivity index (χ0) is 37.8. The lowest BCUT2D eigenvalue weighted by Gasteiger charge is -2.28. The fraction of sp³-hybridized carbons (Fsp3) is 0.512. The molecule has 5 atom stereocenters. The number of aromatic amines is 2. The molecular formula is C43H51N7O4. The van der Waals surface area contributed by atoms with Crippen LogP contribution < -0.4 is 5.32 Å². The van der Waals surface area contributed by atoms with E-state index in [9.17, 15) is 14.4 Å². The number of nitrogens with one attached hydrogen (secondary N) is 3. The average molecular weight is 730 g/mol. The molecular weight excluding hydrogens is 679 g/mol. The molecule has 11 nitrogen and oxygen atoms in total. The number of amides is 3. The molecule has 2 saturated carbocycles. The van der Waals surface area contributed by atoms with Crippen molar-refractivity contribution in [1.29, 1.82) is 0 Å². The maximum Gasteiger partial charge on any atom is 0.407 e. The van der Waals surface area contributed by atoms with Gasteiger partial charge in [-0.3, -0.25) is 9.59 Å². The van der Waals surface area contributed by atoms with Gasteiger partial charge in [-0.1, -0.05) is 58.1 Å². The second kappa shape index (κ2) is 13.9. The number of alkyl carbamates (subject to hydrolysis) is 1. The van der Waals surface area contributed by atoms with Crippen LogP contribution in [0.4, 0.5) is 4.79 Å². The minimum atomic E-state index is -0.645. The lowest BCUT2D eigenvalue weighted by atomic mass is 9.92. The average Bonchev–Trinajstić information content (AvgIpc) is 3.80. The first-order valence-electron chi connectivity index (χ1n) is 19.7. The second-order valence-corrected chi connectivity index (χ2v) is 16.5. The van der Waals surface area contributed by atoms with Gasteiger partial charge in [0.1, 0.15) is 17.7 Å². The van der Waals surface area contributed by atoms with Crippen LogP contribution in [-0.4, -0.2) is 73.9 Å². The third-order valence-electron chi connectivity index (χ3n) is 12.8. The van der Waals surface area contributed by atoms with E-state index in [2.05, 4.69) is 52.8 Å². The second-order valence-electron chi connectivity index (χ2n) is 16.5. The number of carbonyl (C=O) groups is 3. The van der Waals surface area contributed by atoms with Crippen molar-refractivity contribution in [3.63, 3.8) is 0 Å². The van der Waals surface area contributed by atoms with Crippen molar-refractivity contribution in [1.82, 2.24) is 35.1 Å². The van der Waals surface area contributed by atoms with Gasteiger partial charge in [-0.25, -0.2) is 14.8 Å². The molecule has 0 radical (unpaired) electrons. The smallest absolute Gasteiger partial charge is 0.407 e. The number of likely N-dealkylation sites (tertiary alicyclic amines) is 2. The Morgan fingerprint density at radius 1 is 0.870 bits per heavy atom. The summed E-state index contributed by atoms with van der Waals surface area (Å²) in [5.74, 6) is 8.76. The third-order valence-corrected chi connectivity index (χ3v) is 12.8. The molecule has 3 amide bonds. The van der Waals surface area contributed by atoms with Gasteiger partial charge in [0.05, 0.1) is 42.1 Å². The van der Waals surface area contributed by atoms with E-state index in [4.69, 9.17) is 14.7 Å². The molecule has 11 heteroatoms. The van der Waals surface area contributed by atoms with Gasteiger partial charge < -0.3 is 29.8 Å². The molecule has 8 rings (SSSR count). The number of aromatic nitrogens is 4. The highest BCUT2D eigenvalue weighted by atomic mass is 16.5. The Morgan fingerprint density at radius 2 is 1.50 bits per heavy atom. The van der Waals surface area contributed by atoms with Gasteiger partial charge >= 0.3 is 6.09 Å². The van der Waals surface area contributed by atoms with E-state index in [1.54, 1.807) is 0 Å². The summed E-state index contributed by atoms with van der Waals surface area (Å²) in [5, 5.41) is 2.70. The van der Waals surface area contributed by atoms with Crippen LogP contribution in [0.5, 0.6) is 0 Å². The summed E-state index contributed by atoms with van der Waals surface area (Å²) < 4.78 is 4.76. The molecule has 4 aromatic rings. The van der Waals surface area contributed by atoms with Crippen molar-refractivity contribution >= 4 is 28.9 Å². The first-order valence-corrected chi connectivity index (χ1v) is 19.7. The number of hydrogen-bond donors (Lipinski definition) is 3. The molecule has 4 fully saturated rings. The van der Waals surface area contributed by atoms with E-state index in [1.807, 2.05) is 60.5 Å². The topological polar surface area (TPSA) is 136 Å². The number of carbonyl (C=O) groups excluding carboxylic acids is 3. The summed E-state index contributed by atoms with van der Waals surface area (Å²) in [6.45, 7) is 9.79. The predicted octanol–water partition coefficient (Wildman–Crippen LogP) is 7.28. The predicted molar refractivity (Wildman–Crippen MR) is 206 cm³/mol. The van der Waals surface area contributed by atoms with Crippen LogP contribution in [0.3, 0.4) is 0 Å². The van der Waals surface area contributed by atoms with E-state index >= 15 is 0 Å². The highest BCUT2D eigenvalue weighted by Crippen LogP contribution is 2.59. The molecule has 0 unspecified atom stereocenters. The first-order chi connectivity index (χ1) is 26.0. The molecule has 2 saturated heterocycles. The van der Waals surface area contributed by atoms with E-state index in [0.717, 1.165) is 83.7 Å². The highest BCUT2D eigenvalue weighted by molar-refractivity contribution is 5.86. The van der Waals surface area contributed by atoms with Crippen molar-refractivity contribution in [3.05, 3.63) is 71.4 Å². The molecule has 3 N–H and O–H groups in total. The van der Waals surface area contributed by atoms with Gasteiger partial charge in [0, 0.05) is 30.1 Å². The van der Waals surface area contributed by atoms with Gasteiger partial charge in [-0.05, 0) is 97.6 Å². The summed E-state index contributed by atoms with van der Waals surface area (Å²) in [6.07, 6.45) is 9.10. The molecule has 2 spiro atoms. The standard InChI is InChI=1S/C43H51N7O4/c1-6-26(3)27(4)39(51)49-24-43(18-19-43)22-36(49)38-45-32-15-12-29(20-33(32)46-38)9-8-28-10-13-30(14-11-28)34-23-44-37(47-34)35-21-42(16-17-42)25-50(35)40(52)31(7-2)48-41(53)54-5/h10-15,20,23,26-27,31,35-36H,6-7,16-19,21-22,24-25H2,1-5H3,(H,44,47)(H,45,46)(H,48,53)/t26-,27+,31+,35+,36+/m1/s1. The molecule has 2 aliphatic heterocycles. The number of hydrogen-bond acceptors (Lipinski definition) is 6. The van der Waals surface area contributed by atoms with Crippen molar-refractivity contribution in [2.24, 2.45) is 22.7 Å². The molecule has 54 heavy (non-hydrogen) atoms. The molecule has 2 aromatic heterocycles. The van der Waals surface area contributed by atoms with Crippen molar-refractivity contribution in [2.75, 3.05) is 20.2 Å². The van der Waals surface area contributed by atoms with E-state index in [1.165, 1.54) is 20.0 Å². The molecule has 2 aromatic carbocycles. The number of benzene rings is 2. The Morgan fingerprint density at radius 3 is 2.13 bits per heavy atom. The summed E-state index contributed by atoms with van der Waals surface area (Å²) in [4.78, 5) is 59.9. The van der Waals surface area contributed by atoms with Crippen molar-refractivity contribution in [3.8, 4) is 23.1 Å². The van der Waals surface area contributed by atoms with Crippen LogP contribution in [0, 0.1) is 34.5 Å². The van der Waals surface area contributed by atoms with E-state index < -0.39 is 12.1 Å². The number of H-pyrrole nitrogens is 2. The number of nitrogens with zero attached hydrogens (tertiary/aromatic N) is 4. The Labute approximate surface area is 317 Å². The lowest BCUT2D eigenvalue weighted by Crippen LogP contribution is -2.48. The van der Waals surface area contributed by atoms with Crippen LogP contribution in [0.15, 0.2) is 48.7 Å². The monoisotopic (exact) mass is 729 g/mol. The number of imidazole rings is 2. The Hall–Kier alpha value is -5.11. The number of fused-ring (bicyclic) bond motifs is 1. The van der Waals surface area contributed by atoms with Crippen molar-refractivity contribution < 1.29 is 19.1 Å². The first kappa shape index (κ1) is 35.9. The summed E-state index contributed by atoms with van der Waals surface area (Å²) in [5.41, 5.74) is 5.86. The fourth-order valence-corrected chi connectivity index (χ4v) is 8.54. The van der Waals surface area contributed by atoms with Crippen LogP contribution in [0.1, 0.15) is 114 Å². The van der Waals surface area contributed by atoms with Gasteiger partial charge in [0.25, 0.3) is 0 Å². The Bertz CT molecular complexity index is 2130. The molecule has 0 bridgehead atoms. The van der Waals surface area contributed by atoms with Crippen molar-refractivity contribution in [2.45, 2.75) is 97.2 Å². The van der Waals surface area contributed by atoms with E-state index in [0.29, 0.717) is 18.9 Å². The van der Waals surface area contributed by atoms with Crippen LogP contribution in [0.25, 0.3) is 22.3 Å². The van der Waals surface area contributed by atoms with Gasteiger partial charge in [-0.15, -0.1) is 0 Å². The summed E-state index contributed by atoms with van der Waals surface area (Å²) in [6, 6.07) is 13.3. The van der Waals surface area contributed by atoms with Gasteiger partial charge in [0.15, 0.2) is 0 Å². The summed E-state index contributed by atoms with van der Waals surface area (Å²) >= 11 is 0. The zero-order valence-electron chi connectivity index (χ0n) is 32.0. The minimum absolute atomic E-state index is 0.00328. The fourth-order valence-electron chi connectivity index (χ4n) is 8.54. The molecule has 4 aliphatic rings. The number of ether oxygens (including phenoxy) is 1. The molecule has 4 heterocycles. The van der Waals surface area contributed by atoms with Crippen LogP contribution in [-0.2, 0) is 14.3 Å². The van der Waals surface area contributed by atoms with Gasteiger partial charge in [0.2, 0.25) is 11.8 Å². The van der Waals surface area contributed by atoms with Gasteiger partial charge in [-0.2, -0.15) is 0 Å². The third kappa shape index (κ3) is 6.87. The number of rotatable bonds is 9. The maximum absolute atomic E-state index is 13.6. The highest BCUT2D eigenvalue weighted by Gasteiger charge is 2.56. The Kier molecular flexibility index (Phi) is 9.27. The van der Waals surface area contributed by atoms with Crippen LogP contribution >= 0.6 is 0 Å². The quantitative estimate of drug-likeness (QED) is 0.155. The normalized spacial score (nSPS) is 22.2. The van der Waals surface area contributed by atoms with E-state index in [-0.39, 0.29) is 40.6 Å². The molecule has 2 aliphatic carbocycles. The summed E-state index contributed by atoms with van der Waals surface area (Å²) in [7, 11) is 1.30.